The van der Waals surface area contributed by atoms with Gasteiger partial charge in [-0.3, -0.25) is 14.9 Å². The molecule has 7 nitrogen and oxygen atoms in total. The quantitative estimate of drug-likeness (QED) is 0.491. The smallest absolute Gasteiger partial charge is 0.331 e. The standard InChI is InChI=1S/C13H10ClN3O4S/c1-21-10(18)6-9-12(20)15-13(22-9)17-16-11(19)7-4-2-3-5-8(7)14/h2-6H,1H3,(H,16,19)(H,15,17,20). The summed E-state index contributed by atoms with van der Waals surface area (Å²) in [4.78, 5) is 34.7. The van der Waals surface area contributed by atoms with Crippen LogP contribution in [0.3, 0.4) is 0 Å². The van der Waals surface area contributed by atoms with E-state index < -0.39 is 17.8 Å². The first-order chi connectivity index (χ1) is 10.5. The number of thioether (sulfide) groups is 1. The monoisotopic (exact) mass is 339 g/mol. The highest BCUT2D eigenvalue weighted by molar-refractivity contribution is 8.18. The van der Waals surface area contributed by atoms with Crippen LogP contribution < -0.4 is 10.7 Å². The maximum absolute atomic E-state index is 11.9. The lowest BCUT2D eigenvalue weighted by Crippen LogP contribution is -2.25. The van der Waals surface area contributed by atoms with E-state index in [4.69, 9.17) is 11.6 Å². The van der Waals surface area contributed by atoms with E-state index in [0.717, 1.165) is 17.8 Å². The van der Waals surface area contributed by atoms with Crippen LogP contribution in [0.1, 0.15) is 10.4 Å². The number of ether oxygens (including phenoxy) is 1. The van der Waals surface area contributed by atoms with Gasteiger partial charge in [-0.2, -0.15) is 0 Å². The highest BCUT2D eigenvalue weighted by Gasteiger charge is 2.25. The topological polar surface area (TPSA) is 96.9 Å². The summed E-state index contributed by atoms with van der Waals surface area (Å²) in [7, 11) is 1.20. The Morgan fingerprint density at radius 2 is 2.14 bits per heavy atom. The molecular formula is C13H10ClN3O4S. The number of halogens is 1. The number of hydrazone groups is 1. The molecule has 1 fully saturated rings. The molecule has 0 radical (unpaired) electrons. The Kier molecular flexibility index (Phi) is 5.18. The fraction of sp³-hybridized carbons (Fsp3) is 0.0769. The molecule has 0 aromatic heterocycles. The Balaban J connectivity index is 2.05. The van der Waals surface area contributed by atoms with Gasteiger partial charge in [0.15, 0.2) is 5.17 Å². The maximum Gasteiger partial charge on any atom is 0.331 e. The lowest BCUT2D eigenvalue weighted by atomic mass is 10.2. The molecule has 2 rings (SSSR count). The van der Waals surface area contributed by atoms with Gasteiger partial charge in [0.2, 0.25) is 0 Å². The highest BCUT2D eigenvalue weighted by atomic mass is 35.5. The van der Waals surface area contributed by atoms with Gasteiger partial charge in [-0.1, -0.05) is 23.7 Å². The lowest BCUT2D eigenvalue weighted by Gasteiger charge is -2.02. The van der Waals surface area contributed by atoms with Gasteiger partial charge in [-0.15, -0.1) is 5.10 Å². The van der Waals surface area contributed by atoms with E-state index in [1.165, 1.54) is 7.11 Å². The lowest BCUT2D eigenvalue weighted by molar-refractivity contribution is -0.135. The molecule has 22 heavy (non-hydrogen) atoms. The molecule has 0 bridgehead atoms. The molecule has 0 aliphatic carbocycles. The van der Waals surface area contributed by atoms with Crippen molar-refractivity contribution in [1.82, 2.24) is 10.7 Å². The zero-order valence-electron chi connectivity index (χ0n) is 11.3. The number of carbonyl (C=O) groups excluding carboxylic acids is 3. The summed E-state index contributed by atoms with van der Waals surface area (Å²) in [5.74, 6) is -1.67. The van der Waals surface area contributed by atoms with Gasteiger partial charge >= 0.3 is 5.97 Å². The van der Waals surface area contributed by atoms with Crippen molar-refractivity contribution in [1.29, 1.82) is 0 Å². The van der Waals surface area contributed by atoms with E-state index in [1.54, 1.807) is 24.3 Å². The first kappa shape index (κ1) is 16.1. The Bertz CT molecular complexity index is 702. The van der Waals surface area contributed by atoms with Crippen LogP contribution >= 0.6 is 23.4 Å². The van der Waals surface area contributed by atoms with Crippen LogP contribution in [-0.4, -0.2) is 30.1 Å². The van der Waals surface area contributed by atoms with Gasteiger partial charge in [0.25, 0.3) is 11.8 Å². The number of hydrogen-bond acceptors (Lipinski definition) is 6. The van der Waals surface area contributed by atoms with Crippen LogP contribution in [0.2, 0.25) is 5.02 Å². The number of amides is 2. The molecule has 114 valence electrons. The van der Waals surface area contributed by atoms with Crippen LogP contribution in [0.25, 0.3) is 0 Å². The summed E-state index contributed by atoms with van der Waals surface area (Å²) < 4.78 is 4.43. The van der Waals surface area contributed by atoms with Gasteiger partial charge in [-0.25, -0.2) is 10.2 Å². The molecule has 2 N–H and O–H groups in total. The minimum absolute atomic E-state index is 0.123. The molecule has 9 heteroatoms. The Morgan fingerprint density at radius 3 is 2.82 bits per heavy atom. The van der Waals surface area contributed by atoms with Gasteiger partial charge < -0.3 is 4.74 Å². The minimum Gasteiger partial charge on any atom is -0.466 e. The van der Waals surface area contributed by atoms with Crippen molar-refractivity contribution >= 4 is 46.3 Å². The van der Waals surface area contributed by atoms with Crippen LogP contribution in [0.4, 0.5) is 0 Å². The number of nitrogens with one attached hydrogen (secondary N) is 2. The van der Waals surface area contributed by atoms with E-state index in [9.17, 15) is 14.4 Å². The highest BCUT2D eigenvalue weighted by Crippen LogP contribution is 2.23. The van der Waals surface area contributed by atoms with E-state index in [0.29, 0.717) is 0 Å². The average Bonchev–Trinajstić information content (AvgIpc) is 2.85. The van der Waals surface area contributed by atoms with Crippen LogP contribution in [-0.2, 0) is 14.3 Å². The van der Waals surface area contributed by atoms with Gasteiger partial charge in [-0.05, 0) is 23.9 Å². The summed E-state index contributed by atoms with van der Waals surface area (Å²) in [5.41, 5.74) is 2.53. The van der Waals surface area contributed by atoms with Crippen LogP contribution in [0.15, 0.2) is 40.3 Å². The zero-order chi connectivity index (χ0) is 16.1. The Morgan fingerprint density at radius 1 is 1.41 bits per heavy atom. The number of methoxy groups -OCH3 is 1. The number of hydrogen-bond donors (Lipinski definition) is 2. The predicted molar refractivity (Wildman–Crippen MR) is 82.2 cm³/mol. The fourth-order valence-electron chi connectivity index (χ4n) is 1.45. The molecule has 2 amide bonds. The number of amidine groups is 1. The van der Waals surface area contributed by atoms with Gasteiger partial charge in [0, 0.05) is 6.08 Å². The maximum atomic E-state index is 11.9. The molecule has 1 aliphatic heterocycles. The van der Waals surface area contributed by atoms with E-state index in [-0.39, 0.29) is 20.7 Å². The van der Waals surface area contributed by atoms with E-state index in [1.807, 2.05) is 0 Å². The first-order valence-corrected chi connectivity index (χ1v) is 7.12. The van der Waals surface area contributed by atoms with Crippen molar-refractivity contribution in [3.05, 3.63) is 45.8 Å². The van der Waals surface area contributed by atoms with Crippen LogP contribution in [0.5, 0.6) is 0 Å². The van der Waals surface area contributed by atoms with E-state index in [2.05, 4.69) is 20.6 Å². The normalized spacial score (nSPS) is 17.5. The third-order valence-electron chi connectivity index (χ3n) is 2.48. The SMILES string of the molecule is COC(=O)C=C1SC(=NNC(=O)c2ccccc2Cl)NC1=O. The zero-order valence-corrected chi connectivity index (χ0v) is 12.8. The fourth-order valence-corrected chi connectivity index (χ4v) is 2.42. The van der Waals surface area contributed by atoms with Crippen molar-refractivity contribution in [2.24, 2.45) is 5.10 Å². The number of benzene rings is 1. The molecule has 0 atom stereocenters. The van der Waals surface area contributed by atoms with E-state index >= 15 is 0 Å². The van der Waals surface area contributed by atoms with Crippen molar-refractivity contribution in [2.75, 3.05) is 7.11 Å². The third-order valence-corrected chi connectivity index (χ3v) is 3.72. The van der Waals surface area contributed by atoms with Crippen molar-refractivity contribution in [3.8, 4) is 0 Å². The summed E-state index contributed by atoms with van der Waals surface area (Å²) in [6.45, 7) is 0. The molecule has 1 aromatic rings. The molecule has 0 spiro atoms. The second kappa shape index (κ2) is 7.10. The van der Waals surface area contributed by atoms with Crippen molar-refractivity contribution in [2.45, 2.75) is 0 Å². The average molecular weight is 340 g/mol. The van der Waals surface area contributed by atoms with Crippen molar-refractivity contribution < 1.29 is 19.1 Å². The van der Waals surface area contributed by atoms with Crippen LogP contribution in [0, 0.1) is 0 Å². The molecule has 1 aromatic carbocycles. The third kappa shape index (κ3) is 3.86. The molecular weight excluding hydrogens is 330 g/mol. The summed E-state index contributed by atoms with van der Waals surface area (Å²) in [5, 5.41) is 6.60. The summed E-state index contributed by atoms with van der Waals surface area (Å²) in [6.07, 6.45) is 1.04. The molecule has 0 unspecified atom stereocenters. The van der Waals surface area contributed by atoms with Gasteiger partial charge in [0.05, 0.1) is 22.6 Å². The number of esters is 1. The largest absolute Gasteiger partial charge is 0.466 e. The minimum atomic E-state index is -0.654. The second-order valence-corrected chi connectivity index (χ2v) is 5.36. The second-order valence-electron chi connectivity index (χ2n) is 3.93. The Hall–Kier alpha value is -2.32. The molecule has 1 heterocycles. The van der Waals surface area contributed by atoms with Crippen molar-refractivity contribution in [3.63, 3.8) is 0 Å². The number of nitrogens with zero attached hydrogens (tertiary/aromatic N) is 1. The molecule has 0 saturated carbocycles. The number of carbonyl (C=O) groups is 3. The predicted octanol–water partition coefficient (Wildman–Crippen LogP) is 1.26. The number of rotatable bonds is 3. The van der Waals surface area contributed by atoms with Gasteiger partial charge in [0.1, 0.15) is 0 Å². The Labute approximate surface area is 134 Å². The first-order valence-electron chi connectivity index (χ1n) is 5.92. The summed E-state index contributed by atoms with van der Waals surface area (Å²) in [6, 6.07) is 6.48. The molecule has 1 saturated heterocycles. The summed E-state index contributed by atoms with van der Waals surface area (Å²) >= 11 is 6.80. The molecule has 1 aliphatic rings.